The van der Waals surface area contributed by atoms with Gasteiger partial charge in [0.2, 0.25) is 0 Å². The number of aldehydes is 1. The van der Waals surface area contributed by atoms with Crippen LogP contribution in [0.15, 0.2) is 58.4 Å². The number of carbonyl (C=O) groups is 2. The molecule has 3 N–H and O–H groups in total. The van der Waals surface area contributed by atoms with E-state index in [2.05, 4.69) is 4.99 Å². The number of esters is 1. The number of aliphatic hydroxyl groups excluding tert-OH is 1. The van der Waals surface area contributed by atoms with Crippen LogP contribution in [0.4, 0.5) is 0 Å². The highest BCUT2D eigenvalue weighted by Crippen LogP contribution is 2.46. The Morgan fingerprint density at radius 3 is 2.33 bits per heavy atom. The van der Waals surface area contributed by atoms with E-state index in [9.17, 15) is 19.3 Å². The smallest absolute Gasteiger partial charge is 0.421 e. The summed E-state index contributed by atoms with van der Waals surface area (Å²) in [7, 11) is -3.95. The summed E-state index contributed by atoms with van der Waals surface area (Å²) in [4.78, 5) is 27.5. The van der Waals surface area contributed by atoms with Crippen molar-refractivity contribution in [1.29, 1.82) is 0 Å². The predicted octanol–water partition coefficient (Wildman–Crippen LogP) is 4.54. The molecule has 0 aromatic heterocycles. The van der Waals surface area contributed by atoms with Crippen LogP contribution in [-0.4, -0.2) is 42.1 Å². The molecule has 0 heterocycles. The molecule has 0 spiro atoms. The summed E-state index contributed by atoms with van der Waals surface area (Å²) < 4.78 is 29.5. The molecule has 0 saturated heterocycles. The molecule has 0 fully saturated rings. The first kappa shape index (κ1) is 28.1. The average molecular weight is 480 g/mol. The molecule has 182 valence electrons. The fourth-order valence-electron chi connectivity index (χ4n) is 2.49. The van der Waals surface area contributed by atoms with E-state index in [0.717, 1.165) is 5.96 Å². The molecule has 10 heteroatoms. The maximum absolute atomic E-state index is 13.4. The lowest BCUT2D eigenvalue weighted by atomic mass is 9.99. The quantitative estimate of drug-likeness (QED) is 0.0798. The fourth-order valence-corrected chi connectivity index (χ4v) is 3.78. The molecule has 1 unspecified atom stereocenters. The van der Waals surface area contributed by atoms with E-state index in [4.69, 9.17) is 19.5 Å². The van der Waals surface area contributed by atoms with Crippen molar-refractivity contribution < 1.29 is 33.0 Å². The van der Waals surface area contributed by atoms with E-state index in [-0.39, 0.29) is 42.1 Å². The first-order valence-corrected chi connectivity index (χ1v) is 12.2. The Morgan fingerprint density at radius 2 is 1.82 bits per heavy atom. The normalized spacial score (nSPS) is 15.8. The summed E-state index contributed by atoms with van der Waals surface area (Å²) in [6, 6.07) is 7.44. The molecule has 0 radical (unpaired) electrons. The van der Waals surface area contributed by atoms with Gasteiger partial charge in [0, 0.05) is 5.92 Å². The van der Waals surface area contributed by atoms with Crippen LogP contribution >= 0.6 is 7.60 Å². The van der Waals surface area contributed by atoms with Gasteiger partial charge in [0.1, 0.15) is 23.5 Å². The molecule has 0 aliphatic carbocycles. The van der Waals surface area contributed by atoms with Crippen molar-refractivity contribution in [3.63, 3.8) is 0 Å². The summed E-state index contributed by atoms with van der Waals surface area (Å²) in [5, 5.41) is 10.2. The third kappa shape index (κ3) is 9.63. The first-order valence-electron chi connectivity index (χ1n) is 10.6. The number of carbonyl (C=O) groups excluding carboxylic acids is 2. The first-order chi connectivity index (χ1) is 15.5. The molecule has 0 saturated carbocycles. The average Bonchev–Trinajstić information content (AvgIpc) is 2.76. The van der Waals surface area contributed by atoms with Gasteiger partial charge in [0.15, 0.2) is 6.29 Å². The molecule has 1 aromatic rings. The summed E-state index contributed by atoms with van der Waals surface area (Å²) in [6.45, 7) is 8.22. The molecule has 1 aromatic carbocycles. The SMILES string of the molecule is CC(C)OC(=O)[C@H](C)/N=C\P(=O)(OCCC(=C/N)/C(C=O)=C(/O)C(C)C)Oc1ccccc1. The second-order valence-electron chi connectivity index (χ2n) is 7.72. The zero-order chi connectivity index (χ0) is 25.0. The molecule has 0 aliphatic heterocycles. The highest BCUT2D eigenvalue weighted by molar-refractivity contribution is 7.70. The van der Waals surface area contributed by atoms with Gasteiger partial charge in [-0.2, -0.15) is 0 Å². The Bertz CT molecular complexity index is 924. The highest BCUT2D eigenvalue weighted by atomic mass is 31.2. The summed E-state index contributed by atoms with van der Waals surface area (Å²) in [6.07, 6.45) is 1.45. The van der Waals surface area contributed by atoms with E-state index in [1.54, 1.807) is 58.0 Å². The number of benzene rings is 1. The molecule has 0 bridgehead atoms. The van der Waals surface area contributed by atoms with Gasteiger partial charge in [-0.3, -0.25) is 14.3 Å². The molecule has 9 nitrogen and oxygen atoms in total. The number of nitrogens with zero attached hydrogens (tertiary/aromatic N) is 1. The number of rotatable bonds is 13. The molecule has 0 amide bonds. The fraction of sp³-hybridized carbons (Fsp3) is 0.435. The van der Waals surface area contributed by atoms with Crippen molar-refractivity contribution in [2.75, 3.05) is 6.61 Å². The molecule has 2 atom stereocenters. The highest BCUT2D eigenvalue weighted by Gasteiger charge is 2.26. The van der Waals surface area contributed by atoms with Gasteiger partial charge in [-0.15, -0.1) is 0 Å². The number of ether oxygens (including phenoxy) is 1. The van der Waals surface area contributed by atoms with Gasteiger partial charge >= 0.3 is 13.6 Å². The number of para-hydroxylation sites is 1. The van der Waals surface area contributed by atoms with Crippen LogP contribution in [0.25, 0.3) is 0 Å². The van der Waals surface area contributed by atoms with Crippen molar-refractivity contribution in [2.24, 2.45) is 16.6 Å². The molecular weight excluding hydrogens is 447 g/mol. The predicted molar refractivity (Wildman–Crippen MR) is 127 cm³/mol. The lowest BCUT2D eigenvalue weighted by molar-refractivity contribution is -0.148. The Labute approximate surface area is 194 Å². The van der Waals surface area contributed by atoms with Crippen LogP contribution in [0.5, 0.6) is 5.75 Å². The van der Waals surface area contributed by atoms with Crippen molar-refractivity contribution in [3.05, 3.63) is 53.4 Å². The number of aliphatic imine (C=N–C) groups is 1. The Kier molecular flexibility index (Phi) is 11.6. The summed E-state index contributed by atoms with van der Waals surface area (Å²) in [5.74, 6) is 0.286. The minimum absolute atomic E-state index is 0.0497. The third-order valence-electron chi connectivity index (χ3n) is 4.23. The maximum atomic E-state index is 13.4. The van der Waals surface area contributed by atoms with Crippen LogP contribution in [0, 0.1) is 5.92 Å². The van der Waals surface area contributed by atoms with E-state index in [1.165, 1.54) is 13.1 Å². The maximum Gasteiger partial charge on any atom is 0.421 e. The minimum atomic E-state index is -3.95. The van der Waals surface area contributed by atoms with E-state index in [0.29, 0.717) is 11.9 Å². The minimum Gasteiger partial charge on any atom is -0.511 e. The zero-order valence-corrected chi connectivity index (χ0v) is 20.5. The number of hydrogen-bond acceptors (Lipinski definition) is 9. The number of nitrogens with two attached hydrogens (primary N) is 1. The summed E-state index contributed by atoms with van der Waals surface area (Å²) in [5.41, 5.74) is 6.01. The standard InChI is InChI=1S/C23H33N2O7P/c1-16(2)22(27)21(14-26)19(13-24)11-12-30-33(29,32-20-9-7-6-8-10-20)15-25-18(5)23(28)31-17(3)4/h6-10,13-18,27H,11-12,24H2,1-5H3/b19-13-,22-21+,25-15-/t18-,33?/m0/s1. The Hall–Kier alpha value is -2.90. The van der Waals surface area contributed by atoms with Crippen LogP contribution < -0.4 is 10.3 Å². The molecule has 1 rings (SSSR count). The van der Waals surface area contributed by atoms with Crippen molar-refractivity contribution in [2.45, 2.75) is 53.2 Å². The van der Waals surface area contributed by atoms with Gasteiger partial charge in [-0.25, -0.2) is 9.36 Å². The largest absolute Gasteiger partial charge is 0.511 e. The second-order valence-corrected chi connectivity index (χ2v) is 9.47. The van der Waals surface area contributed by atoms with Crippen molar-refractivity contribution >= 4 is 25.8 Å². The number of hydrogen-bond donors (Lipinski definition) is 2. The van der Waals surface area contributed by atoms with Gasteiger partial charge < -0.3 is 20.1 Å². The molecule has 33 heavy (non-hydrogen) atoms. The second kappa shape index (κ2) is 13.6. The lowest BCUT2D eigenvalue weighted by Gasteiger charge is -2.17. The van der Waals surface area contributed by atoms with Gasteiger partial charge in [-0.05, 0) is 51.1 Å². The monoisotopic (exact) mass is 480 g/mol. The number of allylic oxidation sites excluding steroid dienone is 2. The van der Waals surface area contributed by atoms with Gasteiger partial charge in [0.25, 0.3) is 0 Å². The topological polar surface area (TPSA) is 138 Å². The van der Waals surface area contributed by atoms with Crippen molar-refractivity contribution in [1.82, 2.24) is 0 Å². The van der Waals surface area contributed by atoms with E-state index in [1.807, 2.05) is 0 Å². The Balaban J connectivity index is 3.04. The van der Waals surface area contributed by atoms with Crippen molar-refractivity contribution in [3.8, 4) is 5.75 Å². The lowest BCUT2D eigenvalue weighted by Crippen LogP contribution is -2.22. The Morgan fingerprint density at radius 1 is 1.18 bits per heavy atom. The van der Waals surface area contributed by atoms with E-state index >= 15 is 0 Å². The van der Waals surface area contributed by atoms with Crippen LogP contribution in [-0.2, 0) is 23.4 Å². The van der Waals surface area contributed by atoms with Gasteiger partial charge in [-0.1, -0.05) is 32.0 Å². The van der Waals surface area contributed by atoms with Crippen LogP contribution in [0.1, 0.15) is 41.0 Å². The van der Waals surface area contributed by atoms with E-state index < -0.39 is 19.6 Å². The molecular formula is C23H33N2O7P. The van der Waals surface area contributed by atoms with Gasteiger partial charge in [0.05, 0.1) is 18.3 Å². The zero-order valence-electron chi connectivity index (χ0n) is 19.6. The van der Waals surface area contributed by atoms with Crippen LogP contribution in [0.3, 0.4) is 0 Å². The third-order valence-corrected chi connectivity index (χ3v) is 5.65. The number of aliphatic hydroxyl groups is 1. The van der Waals surface area contributed by atoms with Crippen LogP contribution in [0.2, 0.25) is 0 Å². The summed E-state index contributed by atoms with van der Waals surface area (Å²) >= 11 is 0. The molecule has 0 aliphatic rings.